The van der Waals surface area contributed by atoms with Gasteiger partial charge in [-0.1, -0.05) is 6.92 Å². The SMILES string of the molecule is CC1CCN(S(=O)(=O)c2ccc(C(=O)OC(C)C(=O)N3CCc4sccc4C3)cc2)CC1. The van der Waals surface area contributed by atoms with E-state index >= 15 is 0 Å². The Labute approximate surface area is 193 Å². The molecule has 1 amide bonds. The number of benzene rings is 1. The highest BCUT2D eigenvalue weighted by Gasteiger charge is 2.30. The summed E-state index contributed by atoms with van der Waals surface area (Å²) in [6.07, 6.45) is 1.59. The number of carbonyl (C=O) groups excluding carboxylic acids is 2. The summed E-state index contributed by atoms with van der Waals surface area (Å²) in [5, 5.41) is 2.03. The Balaban J connectivity index is 1.37. The van der Waals surface area contributed by atoms with Crippen LogP contribution in [-0.4, -0.2) is 55.2 Å². The van der Waals surface area contributed by atoms with Gasteiger partial charge in [-0.2, -0.15) is 4.31 Å². The minimum absolute atomic E-state index is 0.160. The Bertz CT molecular complexity index is 1090. The topological polar surface area (TPSA) is 84.0 Å². The first-order valence-electron chi connectivity index (χ1n) is 10.9. The molecule has 1 aromatic carbocycles. The zero-order valence-corrected chi connectivity index (χ0v) is 20.0. The first-order valence-corrected chi connectivity index (χ1v) is 13.2. The highest BCUT2D eigenvalue weighted by atomic mass is 32.2. The first kappa shape index (κ1) is 22.9. The standard InChI is InChI=1S/C23H28N2O5S2/c1-16-7-12-25(13-8-16)32(28,29)20-5-3-18(4-6-20)23(27)30-17(2)22(26)24-11-9-21-19(15-24)10-14-31-21/h3-6,10,14,16-17H,7-9,11-13,15H2,1-2H3. The van der Waals surface area contributed by atoms with Crippen LogP contribution in [0.5, 0.6) is 0 Å². The lowest BCUT2D eigenvalue weighted by Gasteiger charge is -2.29. The third-order valence-corrected chi connectivity index (χ3v) is 9.16. The minimum Gasteiger partial charge on any atom is -0.449 e. The highest BCUT2D eigenvalue weighted by molar-refractivity contribution is 7.89. The van der Waals surface area contributed by atoms with Gasteiger partial charge in [-0.05, 0) is 73.4 Å². The number of piperidine rings is 1. The smallest absolute Gasteiger partial charge is 0.338 e. The maximum atomic E-state index is 12.8. The van der Waals surface area contributed by atoms with Crippen LogP contribution in [0.15, 0.2) is 40.6 Å². The van der Waals surface area contributed by atoms with Crippen LogP contribution in [-0.2, 0) is 32.5 Å². The Morgan fingerprint density at radius 2 is 1.78 bits per heavy atom. The van der Waals surface area contributed by atoms with Crippen LogP contribution in [0.2, 0.25) is 0 Å². The van der Waals surface area contributed by atoms with Crippen molar-refractivity contribution in [1.29, 1.82) is 0 Å². The number of esters is 1. The maximum absolute atomic E-state index is 12.8. The van der Waals surface area contributed by atoms with Crippen LogP contribution in [0, 0.1) is 5.92 Å². The predicted octanol–water partition coefficient (Wildman–Crippen LogP) is 3.30. The van der Waals surface area contributed by atoms with Crippen molar-refractivity contribution in [3.8, 4) is 0 Å². The van der Waals surface area contributed by atoms with Gasteiger partial charge >= 0.3 is 5.97 Å². The highest BCUT2D eigenvalue weighted by Crippen LogP contribution is 2.25. The molecule has 2 aliphatic rings. The van der Waals surface area contributed by atoms with E-state index in [0.717, 1.165) is 24.8 Å². The van der Waals surface area contributed by atoms with Gasteiger partial charge in [-0.15, -0.1) is 11.3 Å². The second-order valence-electron chi connectivity index (χ2n) is 8.54. The molecule has 1 unspecified atom stereocenters. The van der Waals surface area contributed by atoms with Crippen molar-refractivity contribution in [2.75, 3.05) is 19.6 Å². The lowest BCUT2D eigenvalue weighted by molar-refractivity contribution is -0.140. The fraction of sp³-hybridized carbons (Fsp3) is 0.478. The summed E-state index contributed by atoms with van der Waals surface area (Å²) < 4.78 is 32.6. The number of hydrogen-bond donors (Lipinski definition) is 0. The number of hydrogen-bond acceptors (Lipinski definition) is 6. The van der Waals surface area contributed by atoms with Crippen molar-refractivity contribution in [3.63, 3.8) is 0 Å². The van der Waals surface area contributed by atoms with Gasteiger partial charge in [0.1, 0.15) is 0 Å². The van der Waals surface area contributed by atoms with Crippen LogP contribution in [0.3, 0.4) is 0 Å². The van der Waals surface area contributed by atoms with E-state index in [4.69, 9.17) is 4.74 Å². The number of rotatable bonds is 5. The van der Waals surface area contributed by atoms with Crippen molar-refractivity contribution < 1.29 is 22.7 Å². The van der Waals surface area contributed by atoms with Gasteiger partial charge in [-0.25, -0.2) is 13.2 Å². The lowest BCUT2D eigenvalue weighted by Crippen LogP contribution is -2.42. The Kier molecular flexibility index (Phi) is 6.69. The molecule has 32 heavy (non-hydrogen) atoms. The molecule has 0 aliphatic carbocycles. The van der Waals surface area contributed by atoms with Crippen molar-refractivity contribution in [2.45, 2.75) is 50.7 Å². The molecule has 2 aliphatic heterocycles. The molecule has 4 rings (SSSR count). The molecule has 7 nitrogen and oxygen atoms in total. The van der Waals surface area contributed by atoms with Crippen molar-refractivity contribution in [1.82, 2.24) is 9.21 Å². The number of fused-ring (bicyclic) bond motifs is 1. The monoisotopic (exact) mass is 476 g/mol. The third kappa shape index (κ3) is 4.74. The molecular weight excluding hydrogens is 448 g/mol. The zero-order chi connectivity index (χ0) is 22.9. The Morgan fingerprint density at radius 3 is 2.47 bits per heavy atom. The number of nitrogens with zero attached hydrogens (tertiary/aromatic N) is 2. The Hall–Kier alpha value is -2.23. The molecule has 1 aromatic heterocycles. The van der Waals surface area contributed by atoms with E-state index in [9.17, 15) is 18.0 Å². The van der Waals surface area contributed by atoms with Crippen LogP contribution in [0.25, 0.3) is 0 Å². The normalized spacial score (nSPS) is 18.8. The van der Waals surface area contributed by atoms with Crippen LogP contribution in [0.4, 0.5) is 0 Å². The average Bonchev–Trinajstić information content (AvgIpc) is 3.27. The number of carbonyl (C=O) groups is 2. The molecular formula is C23H28N2O5S2. The summed E-state index contributed by atoms with van der Waals surface area (Å²) in [4.78, 5) is 28.5. The molecule has 1 saturated heterocycles. The van der Waals surface area contributed by atoms with Crippen LogP contribution >= 0.6 is 11.3 Å². The van der Waals surface area contributed by atoms with Gasteiger partial charge in [0.05, 0.1) is 10.5 Å². The molecule has 0 saturated carbocycles. The van der Waals surface area contributed by atoms with Crippen LogP contribution < -0.4 is 0 Å². The summed E-state index contributed by atoms with van der Waals surface area (Å²) in [7, 11) is -3.58. The second kappa shape index (κ2) is 9.33. The lowest BCUT2D eigenvalue weighted by atomic mass is 10.0. The van der Waals surface area contributed by atoms with E-state index in [-0.39, 0.29) is 16.4 Å². The summed E-state index contributed by atoms with van der Waals surface area (Å²) in [5.41, 5.74) is 1.36. The van der Waals surface area contributed by atoms with E-state index in [2.05, 4.69) is 6.92 Å². The minimum atomic E-state index is -3.58. The fourth-order valence-electron chi connectivity index (χ4n) is 4.11. The van der Waals surface area contributed by atoms with E-state index in [0.29, 0.717) is 32.1 Å². The fourth-order valence-corrected chi connectivity index (χ4v) is 6.47. The maximum Gasteiger partial charge on any atom is 0.338 e. The van der Waals surface area contributed by atoms with Gasteiger partial charge in [-0.3, -0.25) is 4.79 Å². The molecule has 0 bridgehead atoms. The summed E-state index contributed by atoms with van der Waals surface area (Å²) in [6, 6.07) is 7.77. The molecule has 1 fully saturated rings. The van der Waals surface area contributed by atoms with Crippen molar-refractivity contribution >= 4 is 33.2 Å². The molecule has 172 valence electrons. The van der Waals surface area contributed by atoms with Gasteiger partial charge in [0.25, 0.3) is 5.91 Å². The quantitative estimate of drug-likeness (QED) is 0.619. The molecule has 2 aromatic rings. The predicted molar refractivity (Wildman–Crippen MR) is 122 cm³/mol. The average molecular weight is 477 g/mol. The van der Waals surface area contributed by atoms with Gasteiger partial charge < -0.3 is 9.64 Å². The largest absolute Gasteiger partial charge is 0.449 e. The number of sulfonamides is 1. The second-order valence-corrected chi connectivity index (χ2v) is 11.5. The third-order valence-electron chi connectivity index (χ3n) is 6.22. The first-order chi connectivity index (χ1) is 15.3. The summed E-state index contributed by atoms with van der Waals surface area (Å²) in [5.74, 6) is -0.343. The summed E-state index contributed by atoms with van der Waals surface area (Å²) >= 11 is 1.70. The van der Waals surface area contributed by atoms with E-state index < -0.39 is 22.1 Å². The van der Waals surface area contributed by atoms with Crippen LogP contribution in [0.1, 0.15) is 47.5 Å². The van der Waals surface area contributed by atoms with E-state index in [1.165, 1.54) is 33.4 Å². The molecule has 0 radical (unpaired) electrons. The molecule has 3 heterocycles. The Morgan fingerprint density at radius 1 is 1.09 bits per heavy atom. The number of amides is 1. The molecule has 0 N–H and O–H groups in total. The van der Waals surface area contributed by atoms with Gasteiger partial charge in [0, 0.05) is 31.1 Å². The van der Waals surface area contributed by atoms with E-state index in [1.807, 2.05) is 11.4 Å². The number of ether oxygens (including phenoxy) is 1. The van der Waals surface area contributed by atoms with E-state index in [1.54, 1.807) is 23.2 Å². The van der Waals surface area contributed by atoms with Crippen molar-refractivity contribution in [2.24, 2.45) is 5.92 Å². The zero-order valence-electron chi connectivity index (χ0n) is 18.3. The molecule has 1 atom stereocenters. The summed E-state index contributed by atoms with van der Waals surface area (Å²) in [6.45, 7) is 5.85. The van der Waals surface area contributed by atoms with Gasteiger partial charge in [0.15, 0.2) is 6.10 Å². The number of thiophene rings is 1. The van der Waals surface area contributed by atoms with Crippen molar-refractivity contribution in [3.05, 3.63) is 51.7 Å². The molecule has 9 heteroatoms. The van der Waals surface area contributed by atoms with Gasteiger partial charge in [0.2, 0.25) is 10.0 Å². The molecule has 0 spiro atoms.